The van der Waals surface area contributed by atoms with Crippen molar-refractivity contribution < 1.29 is 31.1 Å². The Morgan fingerprint density at radius 3 is 2.53 bits per heavy atom. The van der Waals surface area contributed by atoms with Crippen molar-refractivity contribution in [1.29, 1.82) is 0 Å². The number of rotatable bonds is 3. The molecule has 36 heavy (non-hydrogen) atoms. The lowest BCUT2D eigenvalue weighted by Gasteiger charge is -2.36. The fourth-order valence-corrected chi connectivity index (χ4v) is 4.97. The van der Waals surface area contributed by atoms with E-state index in [9.17, 15) is 26.4 Å². The first-order valence-electron chi connectivity index (χ1n) is 10.6. The second kappa shape index (κ2) is 9.74. The zero-order valence-electron chi connectivity index (χ0n) is 20.1. The van der Waals surface area contributed by atoms with Gasteiger partial charge in [-0.1, -0.05) is 11.6 Å². The van der Waals surface area contributed by atoms with Crippen molar-refractivity contribution in [1.82, 2.24) is 14.6 Å². The molecule has 194 valence electrons. The van der Waals surface area contributed by atoms with E-state index in [1.807, 2.05) is 0 Å². The van der Waals surface area contributed by atoms with E-state index in [1.54, 1.807) is 20.8 Å². The number of guanidine groups is 1. The Balaban J connectivity index is 2.08. The summed E-state index contributed by atoms with van der Waals surface area (Å²) in [6.45, 7) is 6.08. The predicted octanol–water partition coefficient (Wildman–Crippen LogP) is 4.85. The molecule has 1 N–H and O–H groups in total. The number of carbonyl (C=O) groups excluding carboxylic acids is 1. The summed E-state index contributed by atoms with van der Waals surface area (Å²) in [5.74, 6) is -4.76. The molecule has 2 heterocycles. The van der Waals surface area contributed by atoms with Crippen LogP contribution in [0.4, 0.5) is 18.0 Å². The summed E-state index contributed by atoms with van der Waals surface area (Å²) in [4.78, 5) is 20.3. The molecule has 1 atom stereocenters. The lowest BCUT2D eigenvalue weighted by Crippen LogP contribution is -2.54. The number of nitrogens with one attached hydrogen (secondary N) is 1. The van der Waals surface area contributed by atoms with Gasteiger partial charge < -0.3 is 4.74 Å². The average Bonchev–Trinajstić information content (AvgIpc) is 2.73. The second-order valence-electron chi connectivity index (χ2n) is 9.28. The number of amides is 1. The van der Waals surface area contributed by atoms with E-state index in [1.165, 1.54) is 25.3 Å². The number of aromatic nitrogens is 1. The van der Waals surface area contributed by atoms with Gasteiger partial charge in [0.2, 0.25) is 16.0 Å². The number of hydrogen-bond donors (Lipinski definition) is 1. The van der Waals surface area contributed by atoms with Crippen LogP contribution in [0.2, 0.25) is 5.02 Å². The normalized spacial score (nSPS) is 20.1. The summed E-state index contributed by atoms with van der Waals surface area (Å²) in [7, 11) is -2.99. The first kappa shape index (κ1) is 27.5. The first-order chi connectivity index (χ1) is 16.5. The summed E-state index contributed by atoms with van der Waals surface area (Å²) in [5.41, 5.74) is -3.42. The first-order valence-corrected chi connectivity index (χ1v) is 12.5. The molecule has 1 aromatic heterocycles. The van der Waals surface area contributed by atoms with Crippen LogP contribution in [0.3, 0.4) is 0 Å². The molecule has 2 aromatic rings. The van der Waals surface area contributed by atoms with E-state index in [-0.39, 0.29) is 16.3 Å². The molecule has 0 saturated carbocycles. The van der Waals surface area contributed by atoms with Crippen molar-refractivity contribution in [3.05, 3.63) is 63.9 Å². The van der Waals surface area contributed by atoms with Gasteiger partial charge in [-0.3, -0.25) is 10.3 Å². The van der Waals surface area contributed by atoms with E-state index in [0.29, 0.717) is 4.31 Å². The molecule has 1 aliphatic rings. The van der Waals surface area contributed by atoms with E-state index < -0.39 is 62.0 Å². The number of pyridine rings is 1. The van der Waals surface area contributed by atoms with Gasteiger partial charge in [0.25, 0.3) is 0 Å². The minimum Gasteiger partial charge on any atom is -0.444 e. The van der Waals surface area contributed by atoms with Gasteiger partial charge in [-0.05, 0) is 63.6 Å². The summed E-state index contributed by atoms with van der Waals surface area (Å²) < 4.78 is 75.8. The number of benzene rings is 1. The number of sulfonamides is 1. The molecule has 0 aliphatic carbocycles. The highest BCUT2D eigenvalue weighted by atomic mass is 35.5. The monoisotopic (exact) mass is 544 g/mol. The van der Waals surface area contributed by atoms with Crippen molar-refractivity contribution in [2.24, 2.45) is 4.99 Å². The molecule has 1 amide bonds. The number of halogens is 4. The Morgan fingerprint density at radius 1 is 1.28 bits per heavy atom. The maximum Gasteiger partial charge on any atom is 0.414 e. The zero-order valence-corrected chi connectivity index (χ0v) is 21.6. The van der Waals surface area contributed by atoms with E-state index >= 15 is 0 Å². The zero-order chi connectivity index (χ0) is 27.1. The highest BCUT2D eigenvalue weighted by Gasteiger charge is 2.43. The maximum atomic E-state index is 15.0. The number of aliphatic imine (C=N–C) groups is 1. The van der Waals surface area contributed by atoms with Gasteiger partial charge in [0.15, 0.2) is 11.6 Å². The van der Waals surface area contributed by atoms with Crippen LogP contribution in [0.25, 0.3) is 11.9 Å². The van der Waals surface area contributed by atoms with Gasteiger partial charge in [-0.25, -0.2) is 35.7 Å². The van der Waals surface area contributed by atoms with E-state index in [2.05, 4.69) is 15.3 Å². The van der Waals surface area contributed by atoms with Crippen molar-refractivity contribution in [2.75, 3.05) is 12.8 Å². The van der Waals surface area contributed by atoms with Crippen LogP contribution in [0.5, 0.6) is 0 Å². The number of alkyl carbamates (subject to hydrolysis) is 1. The number of nitrogens with zero attached hydrogens (tertiary/aromatic N) is 3. The van der Waals surface area contributed by atoms with Gasteiger partial charge in [-0.2, -0.15) is 0 Å². The highest BCUT2D eigenvalue weighted by Crippen LogP contribution is 2.36. The Kier molecular flexibility index (Phi) is 7.43. The fourth-order valence-electron chi connectivity index (χ4n) is 3.38. The number of carbonyl (C=O) groups is 1. The van der Waals surface area contributed by atoms with Gasteiger partial charge in [-0.15, -0.1) is 0 Å². The minimum absolute atomic E-state index is 0.0966. The molecule has 0 spiro atoms. The van der Waals surface area contributed by atoms with Crippen molar-refractivity contribution in [3.8, 4) is 0 Å². The summed E-state index contributed by atoms with van der Waals surface area (Å²) in [6.07, 6.45) is 1.14. The standard InChI is InChI=1S/C23H24ClF3N4O4S/c1-22(2,3)35-21(32)29-20-30-23(4,12-36(33,34)31(20)5)15-8-13(10-17(26)19(15)27)9-16(25)18-7-6-14(24)11-28-18/h6-11H,12H2,1-5H3,(H,29,30,32)/b16-9-/t23-/m0/s1. The van der Waals surface area contributed by atoms with Crippen LogP contribution < -0.4 is 5.32 Å². The third-order valence-electron chi connectivity index (χ3n) is 5.04. The topological polar surface area (TPSA) is 101 Å². The molecule has 1 aromatic carbocycles. The van der Waals surface area contributed by atoms with Crippen LogP contribution >= 0.6 is 11.6 Å². The van der Waals surface area contributed by atoms with Gasteiger partial charge in [0.1, 0.15) is 17.0 Å². The summed E-state index contributed by atoms with van der Waals surface area (Å²) in [5, 5.41) is 2.53. The lowest BCUT2D eigenvalue weighted by atomic mass is 9.92. The molecule has 13 heteroatoms. The molecule has 0 bridgehead atoms. The van der Waals surface area contributed by atoms with Gasteiger partial charge in [0.05, 0.1) is 16.5 Å². The molecule has 3 rings (SSSR count). The predicted molar refractivity (Wildman–Crippen MR) is 130 cm³/mol. The molecule has 0 saturated heterocycles. The maximum absolute atomic E-state index is 15.0. The van der Waals surface area contributed by atoms with Gasteiger partial charge >= 0.3 is 6.09 Å². The number of hydrogen-bond acceptors (Lipinski definition) is 6. The summed E-state index contributed by atoms with van der Waals surface area (Å²) >= 11 is 5.75. The largest absolute Gasteiger partial charge is 0.444 e. The fraction of sp³-hybridized carbons (Fsp3) is 0.348. The van der Waals surface area contributed by atoms with Crippen LogP contribution in [0.15, 0.2) is 35.5 Å². The smallest absolute Gasteiger partial charge is 0.414 e. The van der Waals surface area contributed by atoms with Gasteiger partial charge in [0, 0.05) is 18.8 Å². The Hall–Kier alpha value is -3.12. The molecule has 0 fully saturated rings. The Bertz CT molecular complexity index is 1360. The molecule has 1 aliphatic heterocycles. The number of ether oxygens (including phenoxy) is 1. The molecule has 0 unspecified atom stereocenters. The molecular formula is C23H24ClF3N4O4S. The third kappa shape index (κ3) is 6.16. The Labute approximate surface area is 211 Å². The molecule has 0 radical (unpaired) electrons. The third-order valence-corrected chi connectivity index (χ3v) is 7.20. The average molecular weight is 545 g/mol. The van der Waals surface area contributed by atoms with Crippen LogP contribution in [0, 0.1) is 11.6 Å². The molecular weight excluding hydrogens is 521 g/mol. The van der Waals surface area contributed by atoms with Crippen LogP contribution in [-0.4, -0.2) is 48.2 Å². The molecule has 8 nitrogen and oxygen atoms in total. The van der Waals surface area contributed by atoms with Crippen molar-refractivity contribution in [2.45, 2.75) is 38.8 Å². The van der Waals surface area contributed by atoms with Crippen LogP contribution in [0.1, 0.15) is 44.5 Å². The second-order valence-corrected chi connectivity index (χ2v) is 11.7. The Morgan fingerprint density at radius 2 is 1.94 bits per heavy atom. The van der Waals surface area contributed by atoms with Crippen molar-refractivity contribution >= 4 is 45.6 Å². The lowest BCUT2D eigenvalue weighted by molar-refractivity contribution is 0.0559. The van der Waals surface area contributed by atoms with E-state index in [4.69, 9.17) is 16.3 Å². The SMILES string of the molecule is CN1C(NC(=O)OC(C)(C)C)=N[C@](C)(c2cc(/C=C(\F)c3ccc(Cl)cn3)cc(F)c2F)CS1(=O)=O. The highest BCUT2D eigenvalue weighted by molar-refractivity contribution is 7.89. The van der Waals surface area contributed by atoms with Crippen molar-refractivity contribution in [3.63, 3.8) is 0 Å². The van der Waals surface area contributed by atoms with Crippen LogP contribution in [-0.2, 0) is 20.3 Å². The minimum atomic E-state index is -4.14. The summed E-state index contributed by atoms with van der Waals surface area (Å²) in [6, 6.07) is 4.55. The quantitative estimate of drug-likeness (QED) is 0.595. The van der Waals surface area contributed by atoms with E-state index in [0.717, 1.165) is 25.3 Å².